The van der Waals surface area contributed by atoms with E-state index in [1.165, 1.54) is 36.8 Å². The fraction of sp³-hybridized carbons (Fsp3) is 0.400. The lowest BCUT2D eigenvalue weighted by atomic mass is 9.85. The van der Waals surface area contributed by atoms with Gasteiger partial charge in [-0.1, -0.05) is 50.5 Å². The zero-order valence-electron chi connectivity index (χ0n) is 14.0. The van der Waals surface area contributed by atoms with Crippen LogP contribution in [-0.2, 0) is 0 Å². The molecule has 0 spiro atoms. The van der Waals surface area contributed by atoms with Crippen molar-refractivity contribution in [1.82, 2.24) is 0 Å². The summed E-state index contributed by atoms with van der Waals surface area (Å²) in [5.41, 5.74) is 18.7. The summed E-state index contributed by atoms with van der Waals surface area (Å²) in [5.74, 6) is 0.421. The Kier molecular flexibility index (Phi) is 5.48. The molecule has 0 atom stereocenters. The molecule has 0 aliphatic heterocycles. The molecule has 0 aliphatic carbocycles. The first-order valence-electron chi connectivity index (χ1n) is 8.25. The minimum absolute atomic E-state index is 0.421. The van der Waals surface area contributed by atoms with E-state index < -0.39 is 0 Å². The molecule has 2 aromatic rings. The first kappa shape index (κ1) is 16.4. The van der Waals surface area contributed by atoms with Crippen molar-refractivity contribution in [3.8, 4) is 0 Å². The predicted molar refractivity (Wildman–Crippen MR) is 97.2 cm³/mol. The lowest BCUT2D eigenvalue weighted by Crippen LogP contribution is -2.04. The van der Waals surface area contributed by atoms with Crippen LogP contribution in [0.25, 0.3) is 0 Å². The Bertz CT molecular complexity index is 580. The van der Waals surface area contributed by atoms with E-state index in [9.17, 15) is 0 Å². The Morgan fingerprint density at radius 3 is 1.73 bits per heavy atom. The second-order valence-electron chi connectivity index (χ2n) is 6.28. The second kappa shape index (κ2) is 7.35. The first-order chi connectivity index (χ1) is 10.5. The molecule has 2 heteroatoms. The van der Waals surface area contributed by atoms with Crippen LogP contribution in [0, 0.1) is 13.8 Å². The number of nitrogens with two attached hydrogens (primary N) is 2. The van der Waals surface area contributed by atoms with Crippen molar-refractivity contribution in [3.05, 3.63) is 58.7 Å². The van der Waals surface area contributed by atoms with E-state index in [2.05, 4.69) is 45.0 Å². The van der Waals surface area contributed by atoms with E-state index in [0.29, 0.717) is 5.92 Å². The van der Waals surface area contributed by atoms with Gasteiger partial charge in [-0.15, -0.1) is 0 Å². The fourth-order valence-corrected chi connectivity index (χ4v) is 2.96. The molecule has 4 N–H and O–H groups in total. The van der Waals surface area contributed by atoms with Crippen LogP contribution in [0.2, 0.25) is 0 Å². The molecule has 0 radical (unpaired) electrons. The van der Waals surface area contributed by atoms with Crippen molar-refractivity contribution < 1.29 is 0 Å². The van der Waals surface area contributed by atoms with Gasteiger partial charge in [0.2, 0.25) is 0 Å². The van der Waals surface area contributed by atoms with Gasteiger partial charge in [0.05, 0.1) is 0 Å². The van der Waals surface area contributed by atoms with Crippen LogP contribution in [-0.4, -0.2) is 0 Å². The molecular formula is C20H28N2. The Hall–Kier alpha value is -1.96. The summed E-state index contributed by atoms with van der Waals surface area (Å²) >= 11 is 0. The van der Waals surface area contributed by atoms with E-state index in [1.807, 2.05) is 12.1 Å². The van der Waals surface area contributed by atoms with Gasteiger partial charge in [0.15, 0.2) is 0 Å². The van der Waals surface area contributed by atoms with Gasteiger partial charge in [-0.3, -0.25) is 0 Å². The smallest absolute Gasteiger partial charge is 0.0343 e. The average molecular weight is 296 g/mol. The molecule has 0 fully saturated rings. The molecule has 0 amide bonds. The van der Waals surface area contributed by atoms with Crippen LogP contribution < -0.4 is 11.5 Å². The molecule has 0 unspecified atom stereocenters. The van der Waals surface area contributed by atoms with E-state index >= 15 is 0 Å². The zero-order chi connectivity index (χ0) is 16.1. The highest BCUT2D eigenvalue weighted by Crippen LogP contribution is 2.33. The number of unbranched alkanes of at least 4 members (excludes halogenated alkanes) is 2. The van der Waals surface area contributed by atoms with Gasteiger partial charge in [-0.25, -0.2) is 0 Å². The van der Waals surface area contributed by atoms with Gasteiger partial charge in [0.1, 0.15) is 0 Å². The number of hydrogen-bond acceptors (Lipinski definition) is 2. The molecule has 22 heavy (non-hydrogen) atoms. The molecular weight excluding hydrogens is 268 g/mol. The third-order valence-electron chi connectivity index (χ3n) is 4.49. The van der Waals surface area contributed by atoms with E-state index in [4.69, 9.17) is 11.5 Å². The number of anilines is 2. The van der Waals surface area contributed by atoms with Crippen LogP contribution in [0.3, 0.4) is 0 Å². The summed E-state index contributed by atoms with van der Waals surface area (Å²) in [6, 6.07) is 12.9. The first-order valence-corrected chi connectivity index (χ1v) is 8.25. The maximum Gasteiger partial charge on any atom is 0.0343 e. The summed E-state index contributed by atoms with van der Waals surface area (Å²) in [7, 11) is 0. The van der Waals surface area contributed by atoms with Gasteiger partial charge < -0.3 is 11.5 Å². The van der Waals surface area contributed by atoms with Gasteiger partial charge in [0, 0.05) is 17.3 Å². The minimum atomic E-state index is 0.421. The maximum absolute atomic E-state index is 5.98. The fourth-order valence-electron chi connectivity index (χ4n) is 2.96. The Labute approximate surface area is 134 Å². The van der Waals surface area contributed by atoms with E-state index in [0.717, 1.165) is 22.5 Å². The largest absolute Gasteiger partial charge is 0.399 e. The van der Waals surface area contributed by atoms with Crippen molar-refractivity contribution in [2.75, 3.05) is 11.5 Å². The summed E-state index contributed by atoms with van der Waals surface area (Å²) in [6.07, 6.45) is 4.93. The molecule has 0 saturated heterocycles. The molecule has 0 saturated carbocycles. The zero-order valence-corrected chi connectivity index (χ0v) is 14.0. The lowest BCUT2D eigenvalue weighted by molar-refractivity contribution is 0.618. The van der Waals surface area contributed by atoms with Crippen LogP contribution in [0.4, 0.5) is 11.4 Å². The average Bonchev–Trinajstić information content (AvgIpc) is 2.50. The minimum Gasteiger partial charge on any atom is -0.399 e. The molecule has 2 rings (SSSR count). The molecule has 0 aliphatic rings. The predicted octanol–water partition coefficient (Wildman–Crippen LogP) is 5.18. The molecule has 118 valence electrons. The van der Waals surface area contributed by atoms with Crippen LogP contribution in [0.1, 0.15) is 60.8 Å². The monoisotopic (exact) mass is 296 g/mol. The molecule has 2 nitrogen and oxygen atoms in total. The summed E-state index contributed by atoms with van der Waals surface area (Å²) in [4.78, 5) is 0. The van der Waals surface area contributed by atoms with E-state index in [1.54, 1.807) is 0 Å². The van der Waals surface area contributed by atoms with Crippen molar-refractivity contribution in [2.24, 2.45) is 0 Å². The van der Waals surface area contributed by atoms with Gasteiger partial charge in [-0.2, -0.15) is 0 Å². The highest BCUT2D eigenvalue weighted by molar-refractivity contribution is 5.52. The van der Waals surface area contributed by atoms with E-state index in [-0.39, 0.29) is 0 Å². The van der Waals surface area contributed by atoms with Crippen LogP contribution in [0.5, 0.6) is 0 Å². The molecule has 0 heterocycles. The lowest BCUT2D eigenvalue weighted by Gasteiger charge is -2.20. The maximum atomic E-state index is 5.98. The Morgan fingerprint density at radius 1 is 0.818 bits per heavy atom. The third kappa shape index (κ3) is 3.82. The van der Waals surface area contributed by atoms with Crippen molar-refractivity contribution in [1.29, 1.82) is 0 Å². The van der Waals surface area contributed by atoms with Crippen molar-refractivity contribution in [2.45, 2.75) is 52.4 Å². The summed E-state index contributed by atoms with van der Waals surface area (Å²) < 4.78 is 0. The van der Waals surface area contributed by atoms with Crippen LogP contribution in [0.15, 0.2) is 36.4 Å². The van der Waals surface area contributed by atoms with Gasteiger partial charge in [0.25, 0.3) is 0 Å². The van der Waals surface area contributed by atoms with Crippen molar-refractivity contribution >= 4 is 11.4 Å². The van der Waals surface area contributed by atoms with Gasteiger partial charge >= 0.3 is 0 Å². The normalized spacial score (nSPS) is 11.1. The quantitative estimate of drug-likeness (QED) is 0.570. The topological polar surface area (TPSA) is 52.0 Å². The summed E-state index contributed by atoms with van der Waals surface area (Å²) in [5, 5.41) is 0. The Balaban J connectivity index is 2.36. The number of benzene rings is 2. The number of nitrogen functional groups attached to an aromatic ring is 2. The number of aryl methyl sites for hydroxylation is 2. The van der Waals surface area contributed by atoms with Gasteiger partial charge in [-0.05, 0) is 54.7 Å². The molecule has 2 aromatic carbocycles. The molecule has 0 bridgehead atoms. The number of rotatable bonds is 6. The summed E-state index contributed by atoms with van der Waals surface area (Å²) in [6.45, 7) is 6.40. The SMILES string of the molecule is CCCCCC(c1ccc(N)c(C)c1)c1ccc(N)c(C)c1. The molecule has 0 aromatic heterocycles. The highest BCUT2D eigenvalue weighted by atomic mass is 14.6. The Morgan fingerprint density at radius 2 is 1.32 bits per heavy atom. The number of hydrogen-bond donors (Lipinski definition) is 2. The second-order valence-corrected chi connectivity index (χ2v) is 6.28. The van der Waals surface area contributed by atoms with Crippen LogP contribution >= 0.6 is 0 Å². The standard InChI is InChI=1S/C20H28N2/c1-4-5-6-7-18(16-8-10-19(21)14(2)12-16)17-9-11-20(22)15(3)13-17/h8-13,18H,4-7,21-22H2,1-3H3. The van der Waals surface area contributed by atoms with Crippen molar-refractivity contribution in [3.63, 3.8) is 0 Å². The third-order valence-corrected chi connectivity index (χ3v) is 4.49. The highest BCUT2D eigenvalue weighted by Gasteiger charge is 2.15.